The van der Waals surface area contributed by atoms with Gasteiger partial charge in [0.2, 0.25) is 6.54 Å². The minimum Gasteiger partial charge on any atom is -0.400 e. The van der Waals surface area contributed by atoms with Crippen molar-refractivity contribution < 1.29 is 47.2 Å². The van der Waals surface area contributed by atoms with E-state index in [4.69, 9.17) is 5.11 Å². The number of unbranched alkanes of at least 4 members (excludes halogenated alkanes) is 1. The van der Waals surface area contributed by atoms with E-state index < -0.39 is 0 Å². The Labute approximate surface area is 192 Å². The first-order valence-electron chi connectivity index (χ1n) is 9.39. The molecule has 5 heteroatoms. The van der Waals surface area contributed by atoms with Gasteiger partial charge in [-0.15, -0.1) is 0 Å². The van der Waals surface area contributed by atoms with Crippen molar-refractivity contribution in [1.82, 2.24) is 0 Å². The van der Waals surface area contributed by atoms with Crippen molar-refractivity contribution >= 4 is 17.8 Å². The number of amides is 1. The van der Waals surface area contributed by atoms with Crippen molar-refractivity contribution in [2.45, 2.75) is 61.3 Å². The van der Waals surface area contributed by atoms with E-state index in [1.54, 1.807) is 0 Å². The molecule has 27 heavy (non-hydrogen) atoms. The number of aryl methyl sites for hydroxylation is 2. The average Bonchev–Trinajstić information content (AvgIpc) is 2.63. The number of carbonyl (C=O) groups excluding carboxylic acids is 1. The maximum atomic E-state index is 12.1. The quantitative estimate of drug-likeness (QED) is 0.475. The van der Waals surface area contributed by atoms with Crippen LogP contribution in [0, 0.1) is 19.8 Å². The Hall–Kier alpha value is -0.836. The number of aliphatic hydroxyl groups excluding tert-OH is 1. The van der Waals surface area contributed by atoms with Crippen LogP contribution < -0.4 is 5.32 Å². The Morgan fingerprint density at radius 3 is 2.00 bits per heavy atom. The number of nitrogens with one attached hydrogen (secondary N) is 1. The first-order valence-corrected chi connectivity index (χ1v) is 9.39. The normalized spacial score (nSPS) is 10.4. The van der Waals surface area contributed by atoms with E-state index in [1.807, 2.05) is 56.0 Å². The van der Waals surface area contributed by atoms with Crippen molar-refractivity contribution in [1.29, 1.82) is 0 Å². The molecule has 0 unspecified atom stereocenters. The Bertz CT molecular complexity index is 545. The van der Waals surface area contributed by atoms with Crippen LogP contribution >= 0.6 is 0 Å². The van der Waals surface area contributed by atoms with Crippen molar-refractivity contribution in [2.75, 3.05) is 19.0 Å². The van der Waals surface area contributed by atoms with Crippen LogP contribution in [0.2, 0.25) is 0 Å². The Morgan fingerprint density at radius 2 is 1.63 bits per heavy atom. The van der Waals surface area contributed by atoms with Crippen molar-refractivity contribution in [3.8, 4) is 0 Å². The zero-order chi connectivity index (χ0) is 20.5. The van der Waals surface area contributed by atoms with E-state index in [1.165, 1.54) is 12.8 Å². The molecule has 0 fully saturated rings. The standard InChI is InChI=1S/C17H24N2O.C4H10.CH4O.Y/c1-6-19(11-10-13(2)3)12-16(20)18-17-14(4)8-7-9-15(17)5;1-3-4-2;1-2;/h6-11,13H,12H2,1-5H3;3-4H2,1-2H3;2H,1H3;/p+1/b11-10-,19-6?;;;. The molecule has 1 radical (unpaired) electrons. The van der Waals surface area contributed by atoms with Crippen LogP contribution in [0.4, 0.5) is 5.69 Å². The predicted molar refractivity (Wildman–Crippen MR) is 114 cm³/mol. The fourth-order valence-electron chi connectivity index (χ4n) is 1.87. The maximum absolute atomic E-state index is 12.1. The largest absolute Gasteiger partial charge is 0.400 e. The SMILES string of the molecule is CC=[N+](/C=C\C(C)C)CC(=O)Nc1c(C)cccc1C.CCCC.CO.[Y]. The molecule has 151 valence electrons. The molecule has 0 spiro atoms. The van der Waals surface area contributed by atoms with E-state index in [0.717, 1.165) is 23.9 Å². The molecule has 2 N–H and O–H groups in total. The molecule has 4 nitrogen and oxygen atoms in total. The van der Waals surface area contributed by atoms with E-state index in [-0.39, 0.29) is 38.6 Å². The molecule has 1 aromatic carbocycles. The van der Waals surface area contributed by atoms with Gasteiger partial charge < -0.3 is 10.4 Å². The molecular weight excluding hydrogens is 413 g/mol. The molecule has 1 amide bonds. The molecule has 0 bridgehead atoms. The van der Waals surface area contributed by atoms with Crippen LogP contribution in [0.3, 0.4) is 0 Å². The van der Waals surface area contributed by atoms with Gasteiger partial charge in [0.05, 0.1) is 0 Å². The van der Waals surface area contributed by atoms with Gasteiger partial charge >= 0.3 is 0 Å². The summed E-state index contributed by atoms with van der Waals surface area (Å²) in [5.74, 6) is 0.466. The molecule has 0 aliphatic carbocycles. The first-order chi connectivity index (χ1) is 12.3. The van der Waals surface area contributed by atoms with Crippen LogP contribution in [0.15, 0.2) is 30.5 Å². The molecule has 0 atom stereocenters. The number of aliphatic hydroxyl groups is 1. The number of hydrogen-bond donors (Lipinski definition) is 2. The van der Waals surface area contributed by atoms with Gasteiger partial charge in [0, 0.05) is 52.4 Å². The number of hydrogen-bond acceptors (Lipinski definition) is 2. The molecule has 0 aliphatic heterocycles. The number of carbonyl (C=O) groups is 1. The molecule has 1 aromatic rings. The van der Waals surface area contributed by atoms with Gasteiger partial charge in [-0.1, -0.05) is 58.7 Å². The fourth-order valence-corrected chi connectivity index (χ4v) is 1.87. The monoisotopic (exact) mass is 452 g/mol. The third-order valence-corrected chi connectivity index (χ3v) is 3.57. The summed E-state index contributed by atoms with van der Waals surface area (Å²) in [5.41, 5.74) is 3.09. The second-order valence-electron chi connectivity index (χ2n) is 6.33. The molecule has 0 aliphatic rings. The smallest absolute Gasteiger partial charge is 0.290 e. The molecule has 0 saturated carbocycles. The second kappa shape index (κ2) is 19.9. The van der Waals surface area contributed by atoms with E-state index in [9.17, 15) is 4.79 Å². The van der Waals surface area contributed by atoms with Crippen molar-refractivity contribution in [3.63, 3.8) is 0 Å². The van der Waals surface area contributed by atoms with Gasteiger partial charge in [-0.05, 0) is 37.0 Å². The van der Waals surface area contributed by atoms with Crippen molar-refractivity contribution in [3.05, 3.63) is 41.6 Å². The summed E-state index contributed by atoms with van der Waals surface area (Å²) >= 11 is 0. The van der Waals surface area contributed by atoms with Gasteiger partial charge in [-0.25, -0.2) is 4.58 Å². The van der Waals surface area contributed by atoms with Gasteiger partial charge in [0.25, 0.3) is 5.91 Å². The zero-order valence-electron chi connectivity index (χ0n) is 18.5. The van der Waals surface area contributed by atoms with Crippen LogP contribution in [0.25, 0.3) is 0 Å². The van der Waals surface area contributed by atoms with Crippen LogP contribution in [-0.2, 0) is 37.5 Å². The minimum atomic E-state index is -0.00564. The summed E-state index contributed by atoms with van der Waals surface area (Å²) in [6.45, 7) is 14.8. The Morgan fingerprint density at radius 1 is 1.15 bits per heavy atom. The van der Waals surface area contributed by atoms with Crippen LogP contribution in [0.1, 0.15) is 58.6 Å². The van der Waals surface area contributed by atoms with E-state index in [2.05, 4.69) is 39.1 Å². The van der Waals surface area contributed by atoms with Crippen LogP contribution in [-0.4, -0.2) is 35.5 Å². The van der Waals surface area contributed by atoms with Crippen molar-refractivity contribution in [2.24, 2.45) is 5.92 Å². The van der Waals surface area contributed by atoms with E-state index in [0.29, 0.717) is 12.5 Å². The number of benzene rings is 1. The molecule has 0 heterocycles. The average molecular weight is 452 g/mol. The number of allylic oxidation sites excluding steroid dienone is 1. The number of nitrogens with zero attached hydrogens (tertiary/aromatic N) is 1. The summed E-state index contributed by atoms with van der Waals surface area (Å²) < 4.78 is 1.89. The van der Waals surface area contributed by atoms with Gasteiger partial charge in [0.15, 0.2) is 6.20 Å². The summed E-state index contributed by atoms with van der Waals surface area (Å²) in [6, 6.07) is 6.01. The zero-order valence-corrected chi connectivity index (χ0v) is 21.4. The Kier molecular flexibility index (Phi) is 22.8. The molecular formula is C22H39N2O2Y+. The number of para-hydroxylation sites is 1. The van der Waals surface area contributed by atoms with Crippen LogP contribution in [0.5, 0.6) is 0 Å². The third kappa shape index (κ3) is 15.9. The van der Waals surface area contributed by atoms with Gasteiger partial charge in [-0.2, -0.15) is 0 Å². The third-order valence-electron chi connectivity index (χ3n) is 3.57. The molecule has 0 saturated heterocycles. The second-order valence-corrected chi connectivity index (χ2v) is 6.33. The van der Waals surface area contributed by atoms with E-state index >= 15 is 0 Å². The summed E-state index contributed by atoms with van der Waals surface area (Å²) in [6.07, 6.45) is 8.57. The molecule has 1 rings (SSSR count). The summed E-state index contributed by atoms with van der Waals surface area (Å²) in [5, 5.41) is 10.00. The minimum absolute atomic E-state index is 0. The number of anilines is 1. The van der Waals surface area contributed by atoms with Gasteiger partial charge in [-0.3, -0.25) is 4.79 Å². The summed E-state index contributed by atoms with van der Waals surface area (Å²) in [7, 11) is 1.00. The topological polar surface area (TPSA) is 52.3 Å². The first kappa shape index (κ1) is 30.9. The number of rotatable bonds is 6. The predicted octanol–water partition coefficient (Wildman–Crippen LogP) is 4.93. The molecule has 0 aromatic heterocycles. The van der Waals surface area contributed by atoms with Gasteiger partial charge in [0.1, 0.15) is 6.21 Å². The Balaban J connectivity index is -0.000000727. The summed E-state index contributed by atoms with van der Waals surface area (Å²) in [4.78, 5) is 12.1. The fraction of sp³-hybridized carbons (Fsp3) is 0.545. The maximum Gasteiger partial charge on any atom is 0.290 e.